The fourth-order valence-corrected chi connectivity index (χ4v) is 2.98. The maximum absolute atomic E-state index is 4.53. The monoisotopic (exact) mass is 271 g/mol. The van der Waals surface area contributed by atoms with Crippen LogP contribution in [0.5, 0.6) is 0 Å². The van der Waals surface area contributed by atoms with Gasteiger partial charge >= 0.3 is 0 Å². The summed E-state index contributed by atoms with van der Waals surface area (Å²) in [7, 11) is 2.24. The molecule has 1 atom stereocenters. The number of hydrogen-bond donors (Lipinski definition) is 0. The highest BCUT2D eigenvalue weighted by Gasteiger charge is 2.22. The van der Waals surface area contributed by atoms with Gasteiger partial charge in [0.1, 0.15) is 0 Å². The smallest absolute Gasteiger partial charge is 0.0696 e. The van der Waals surface area contributed by atoms with Crippen LogP contribution in [0, 0.1) is 0 Å². The van der Waals surface area contributed by atoms with Gasteiger partial charge in [-0.15, -0.1) is 0 Å². The third-order valence-corrected chi connectivity index (χ3v) is 4.88. The van der Waals surface area contributed by atoms with E-state index in [0.29, 0.717) is 5.92 Å². The van der Waals surface area contributed by atoms with Crippen LogP contribution in [-0.2, 0) is 6.54 Å². The summed E-state index contributed by atoms with van der Waals surface area (Å²) in [6.45, 7) is 5.53. The van der Waals surface area contributed by atoms with E-state index in [2.05, 4.69) is 49.2 Å². The molecule has 0 aromatic carbocycles. The Morgan fingerprint density at radius 1 is 1.40 bits per heavy atom. The van der Waals surface area contributed by atoms with Crippen LogP contribution in [0.3, 0.4) is 0 Å². The van der Waals surface area contributed by atoms with Crippen LogP contribution in [0.15, 0.2) is 24.5 Å². The minimum atomic E-state index is 0.580. The summed E-state index contributed by atoms with van der Waals surface area (Å²) in [5.41, 5.74) is 3.98. The molecular formula is C17H25N3. The maximum atomic E-state index is 4.53. The van der Waals surface area contributed by atoms with Crippen LogP contribution in [0.2, 0.25) is 0 Å². The van der Waals surface area contributed by atoms with Gasteiger partial charge < -0.3 is 0 Å². The molecular weight excluding hydrogens is 246 g/mol. The Hall–Kier alpha value is -1.35. The molecule has 0 N–H and O–H groups in total. The second kappa shape index (κ2) is 5.57. The summed E-state index contributed by atoms with van der Waals surface area (Å²) in [4.78, 5) is 2.48. The van der Waals surface area contributed by atoms with Gasteiger partial charge in [-0.2, -0.15) is 5.10 Å². The van der Waals surface area contributed by atoms with Crippen molar-refractivity contribution < 1.29 is 0 Å². The zero-order valence-corrected chi connectivity index (χ0v) is 12.8. The predicted molar refractivity (Wildman–Crippen MR) is 83.0 cm³/mol. The van der Waals surface area contributed by atoms with Crippen molar-refractivity contribution in [2.45, 2.75) is 58.0 Å². The molecule has 3 heteroatoms. The standard InChI is InChI=1S/C17H25N3/c1-4-13(2)16-10-18-20-12-14(8-9-17(16)20)11-19(3)15-6-5-7-15/h8-10,12-13,15H,4-7,11H2,1-3H3. The van der Waals surface area contributed by atoms with Crippen LogP contribution in [0.1, 0.15) is 56.6 Å². The van der Waals surface area contributed by atoms with Gasteiger partial charge in [0.15, 0.2) is 0 Å². The first-order chi connectivity index (χ1) is 9.69. The number of aromatic nitrogens is 2. The van der Waals surface area contributed by atoms with Gasteiger partial charge in [-0.25, -0.2) is 4.52 Å². The molecule has 0 aliphatic heterocycles. The molecule has 20 heavy (non-hydrogen) atoms. The zero-order valence-electron chi connectivity index (χ0n) is 12.8. The molecule has 1 unspecified atom stereocenters. The SMILES string of the molecule is CCC(C)c1cnn2cc(CN(C)C3CCC3)ccc12. The first-order valence-electron chi connectivity index (χ1n) is 7.85. The minimum Gasteiger partial charge on any atom is -0.299 e. The van der Waals surface area contributed by atoms with Crippen molar-refractivity contribution in [1.29, 1.82) is 0 Å². The third-order valence-electron chi connectivity index (χ3n) is 4.88. The van der Waals surface area contributed by atoms with Crippen LogP contribution >= 0.6 is 0 Å². The fraction of sp³-hybridized carbons (Fsp3) is 0.588. The zero-order chi connectivity index (χ0) is 14.1. The van der Waals surface area contributed by atoms with E-state index in [-0.39, 0.29) is 0 Å². The molecule has 0 amide bonds. The molecule has 1 saturated carbocycles. The summed E-state index contributed by atoms with van der Waals surface area (Å²) >= 11 is 0. The molecule has 3 rings (SSSR count). The van der Waals surface area contributed by atoms with E-state index in [1.54, 1.807) is 0 Å². The molecule has 3 nitrogen and oxygen atoms in total. The average molecular weight is 271 g/mol. The molecule has 108 valence electrons. The normalized spacial score (nSPS) is 17.6. The van der Waals surface area contributed by atoms with Crippen LogP contribution in [-0.4, -0.2) is 27.6 Å². The van der Waals surface area contributed by atoms with Crippen molar-refractivity contribution in [2.24, 2.45) is 0 Å². The quantitative estimate of drug-likeness (QED) is 0.824. The van der Waals surface area contributed by atoms with E-state index >= 15 is 0 Å². The molecule has 0 radical (unpaired) electrons. The summed E-state index contributed by atoms with van der Waals surface area (Å²) in [5.74, 6) is 0.580. The van der Waals surface area contributed by atoms with E-state index in [9.17, 15) is 0 Å². The summed E-state index contributed by atoms with van der Waals surface area (Å²) in [6.07, 6.45) is 9.50. The van der Waals surface area contributed by atoms with E-state index < -0.39 is 0 Å². The lowest BCUT2D eigenvalue weighted by atomic mass is 9.91. The lowest BCUT2D eigenvalue weighted by Gasteiger charge is -2.34. The molecule has 0 spiro atoms. The topological polar surface area (TPSA) is 20.5 Å². The molecule has 2 aromatic rings. The van der Waals surface area contributed by atoms with Crippen molar-refractivity contribution in [3.8, 4) is 0 Å². The molecule has 0 saturated heterocycles. The Labute approximate surface area is 121 Å². The Kier molecular flexibility index (Phi) is 3.79. The van der Waals surface area contributed by atoms with Gasteiger partial charge in [0.25, 0.3) is 0 Å². The highest BCUT2D eigenvalue weighted by Crippen LogP contribution is 2.26. The number of pyridine rings is 1. The largest absolute Gasteiger partial charge is 0.299 e. The summed E-state index contributed by atoms with van der Waals surface area (Å²) in [5, 5.41) is 4.53. The number of fused-ring (bicyclic) bond motifs is 1. The van der Waals surface area contributed by atoms with Crippen molar-refractivity contribution in [2.75, 3.05) is 7.05 Å². The van der Waals surface area contributed by atoms with Gasteiger partial charge in [0, 0.05) is 24.3 Å². The first-order valence-corrected chi connectivity index (χ1v) is 7.85. The molecule has 2 heterocycles. The number of nitrogens with zero attached hydrogens (tertiary/aromatic N) is 3. The Morgan fingerprint density at radius 3 is 2.85 bits per heavy atom. The highest BCUT2D eigenvalue weighted by atomic mass is 15.2. The van der Waals surface area contributed by atoms with Crippen LogP contribution < -0.4 is 0 Å². The van der Waals surface area contributed by atoms with E-state index in [1.807, 2.05) is 10.7 Å². The Morgan fingerprint density at radius 2 is 2.20 bits per heavy atom. The maximum Gasteiger partial charge on any atom is 0.0696 e. The van der Waals surface area contributed by atoms with E-state index in [0.717, 1.165) is 19.0 Å². The van der Waals surface area contributed by atoms with Gasteiger partial charge in [-0.3, -0.25) is 4.90 Å². The first kappa shape index (κ1) is 13.6. The van der Waals surface area contributed by atoms with E-state index in [1.165, 1.54) is 35.9 Å². The van der Waals surface area contributed by atoms with Crippen LogP contribution in [0.4, 0.5) is 0 Å². The Balaban J connectivity index is 1.80. The second-order valence-electron chi connectivity index (χ2n) is 6.28. The molecule has 1 fully saturated rings. The minimum absolute atomic E-state index is 0.580. The predicted octanol–water partition coefficient (Wildman–Crippen LogP) is 3.83. The van der Waals surface area contributed by atoms with E-state index in [4.69, 9.17) is 0 Å². The lowest BCUT2D eigenvalue weighted by Crippen LogP contribution is -2.36. The number of hydrogen-bond acceptors (Lipinski definition) is 2. The number of rotatable bonds is 5. The van der Waals surface area contributed by atoms with Gasteiger partial charge in [0.2, 0.25) is 0 Å². The second-order valence-corrected chi connectivity index (χ2v) is 6.28. The van der Waals surface area contributed by atoms with Crippen molar-refractivity contribution >= 4 is 5.52 Å². The van der Waals surface area contributed by atoms with Gasteiger partial charge in [-0.1, -0.05) is 26.3 Å². The van der Waals surface area contributed by atoms with Gasteiger partial charge in [-0.05, 0) is 43.9 Å². The molecule has 2 aromatic heterocycles. The summed E-state index contributed by atoms with van der Waals surface area (Å²) in [6, 6.07) is 5.29. The van der Waals surface area contributed by atoms with Gasteiger partial charge in [0.05, 0.1) is 11.7 Å². The lowest BCUT2D eigenvalue weighted by molar-refractivity contribution is 0.152. The molecule has 0 bridgehead atoms. The average Bonchev–Trinajstić information content (AvgIpc) is 2.78. The van der Waals surface area contributed by atoms with Crippen LogP contribution in [0.25, 0.3) is 5.52 Å². The highest BCUT2D eigenvalue weighted by molar-refractivity contribution is 5.55. The fourth-order valence-electron chi connectivity index (χ4n) is 2.98. The molecule has 1 aliphatic carbocycles. The van der Waals surface area contributed by atoms with Crippen molar-refractivity contribution in [1.82, 2.24) is 14.5 Å². The van der Waals surface area contributed by atoms with Crippen molar-refractivity contribution in [3.63, 3.8) is 0 Å². The Bertz CT molecular complexity index is 583. The van der Waals surface area contributed by atoms with Crippen molar-refractivity contribution in [3.05, 3.63) is 35.7 Å². The molecule has 1 aliphatic rings. The summed E-state index contributed by atoms with van der Waals surface area (Å²) < 4.78 is 2.05. The third kappa shape index (κ3) is 2.47.